The van der Waals surface area contributed by atoms with Crippen LogP contribution in [0.4, 0.5) is 0 Å². The van der Waals surface area contributed by atoms with Crippen molar-refractivity contribution in [3.8, 4) is 0 Å². The Morgan fingerprint density at radius 3 is 1.19 bits per heavy atom. The van der Waals surface area contributed by atoms with Crippen LogP contribution in [0.2, 0.25) is 0 Å². The molecule has 0 aromatic heterocycles. The molecule has 0 saturated carbocycles. The molecule has 0 aromatic carbocycles. The number of aliphatic hydroxyl groups excluding tert-OH is 11. The van der Waals surface area contributed by atoms with Crippen molar-refractivity contribution in [1.29, 1.82) is 0 Å². The van der Waals surface area contributed by atoms with Crippen LogP contribution >= 0.6 is 0 Å². The largest absolute Gasteiger partial charge is 0.394 e. The number of carbonyl (C=O) groups excluding carboxylic acids is 1. The van der Waals surface area contributed by atoms with E-state index >= 15 is 0 Å². The van der Waals surface area contributed by atoms with E-state index in [2.05, 4.69) is 67.8 Å². The van der Waals surface area contributed by atoms with Gasteiger partial charge in [0.2, 0.25) is 5.91 Å². The lowest BCUT2D eigenvalue weighted by Crippen LogP contribution is -2.66. The average Bonchev–Trinajstić information content (AvgIpc) is 0.883. The van der Waals surface area contributed by atoms with Gasteiger partial charge in [0.05, 0.1) is 38.6 Å². The van der Waals surface area contributed by atoms with Gasteiger partial charge in [-0.15, -0.1) is 0 Å². The van der Waals surface area contributed by atoms with Crippen molar-refractivity contribution in [1.82, 2.24) is 5.32 Å². The second-order valence-corrected chi connectivity index (χ2v) is 25.7. The molecule has 19 heteroatoms. The number of hydrogen-bond donors (Lipinski definition) is 12. The first-order chi connectivity index (χ1) is 44.3. The van der Waals surface area contributed by atoms with Crippen LogP contribution in [0.25, 0.3) is 0 Å². The molecule has 12 N–H and O–H groups in total. The van der Waals surface area contributed by atoms with Gasteiger partial charge in [0.1, 0.15) is 73.2 Å². The molecule has 3 saturated heterocycles. The van der Waals surface area contributed by atoms with Gasteiger partial charge in [-0.25, -0.2) is 0 Å². The van der Waals surface area contributed by atoms with Crippen molar-refractivity contribution >= 4 is 5.91 Å². The third-order valence-corrected chi connectivity index (χ3v) is 17.8. The topological polar surface area (TPSA) is 307 Å². The molecule has 91 heavy (non-hydrogen) atoms. The number of amides is 1. The molecule has 0 aromatic rings. The highest BCUT2D eigenvalue weighted by Gasteiger charge is 2.53. The molecule has 3 fully saturated rings. The van der Waals surface area contributed by atoms with Crippen molar-refractivity contribution < 1.29 is 89.4 Å². The number of hydrogen-bond acceptors (Lipinski definition) is 18. The summed E-state index contributed by atoms with van der Waals surface area (Å²) in [5.74, 6) is -0.284. The van der Waals surface area contributed by atoms with E-state index in [1.165, 1.54) is 148 Å². The maximum Gasteiger partial charge on any atom is 0.220 e. The van der Waals surface area contributed by atoms with Gasteiger partial charge in [0.15, 0.2) is 18.9 Å². The van der Waals surface area contributed by atoms with Crippen LogP contribution in [0.15, 0.2) is 60.8 Å². The first-order valence-electron chi connectivity index (χ1n) is 36.0. The van der Waals surface area contributed by atoms with E-state index in [4.69, 9.17) is 28.4 Å². The highest BCUT2D eigenvalue weighted by atomic mass is 16.8. The number of ether oxygens (including phenoxy) is 6. The molecule has 17 atom stereocenters. The van der Waals surface area contributed by atoms with E-state index in [0.29, 0.717) is 6.42 Å². The fourth-order valence-electron chi connectivity index (χ4n) is 12.0. The van der Waals surface area contributed by atoms with Crippen LogP contribution in [0.1, 0.15) is 258 Å². The normalized spacial score (nSPS) is 28.2. The van der Waals surface area contributed by atoms with Gasteiger partial charge < -0.3 is 89.9 Å². The lowest BCUT2D eigenvalue weighted by atomic mass is 9.96. The summed E-state index contributed by atoms with van der Waals surface area (Å²) < 4.78 is 34.4. The first kappa shape index (κ1) is 82.7. The minimum Gasteiger partial charge on any atom is -0.394 e. The molecular formula is C72H129NO18. The van der Waals surface area contributed by atoms with Crippen molar-refractivity contribution in [3.63, 3.8) is 0 Å². The lowest BCUT2D eigenvalue weighted by Gasteiger charge is -2.48. The zero-order chi connectivity index (χ0) is 66.1. The highest BCUT2D eigenvalue weighted by Crippen LogP contribution is 2.33. The molecule has 3 rings (SSSR count). The summed E-state index contributed by atoms with van der Waals surface area (Å²) in [6, 6.07) is -0.981. The Morgan fingerprint density at radius 2 is 0.758 bits per heavy atom. The van der Waals surface area contributed by atoms with E-state index in [0.717, 1.165) is 83.5 Å². The molecule has 0 aliphatic carbocycles. The average molecular weight is 1300 g/mol. The maximum atomic E-state index is 13.4. The van der Waals surface area contributed by atoms with Gasteiger partial charge in [-0.2, -0.15) is 0 Å². The van der Waals surface area contributed by atoms with Crippen molar-refractivity contribution in [2.24, 2.45) is 0 Å². The minimum atomic E-state index is -1.98. The number of nitrogens with one attached hydrogen (secondary N) is 1. The smallest absolute Gasteiger partial charge is 0.220 e. The third kappa shape index (κ3) is 35.4. The zero-order valence-electron chi connectivity index (χ0n) is 56.1. The minimum absolute atomic E-state index is 0.232. The van der Waals surface area contributed by atoms with E-state index in [1.54, 1.807) is 6.08 Å². The molecule has 17 unspecified atom stereocenters. The summed E-state index contributed by atoms with van der Waals surface area (Å²) in [7, 11) is 0. The fraction of sp³-hybridized carbons (Fsp3) is 0.847. The van der Waals surface area contributed by atoms with E-state index < -0.39 is 124 Å². The number of unbranched alkanes of at least 4 members (excludes halogenated alkanes) is 31. The van der Waals surface area contributed by atoms with Crippen LogP contribution < -0.4 is 5.32 Å². The number of allylic oxidation sites excluding steroid dienone is 9. The highest BCUT2D eigenvalue weighted by molar-refractivity contribution is 5.76. The second kappa shape index (κ2) is 53.6. The zero-order valence-corrected chi connectivity index (χ0v) is 56.1. The summed E-state index contributed by atoms with van der Waals surface area (Å²) in [5, 5.41) is 121. The third-order valence-electron chi connectivity index (χ3n) is 17.8. The second-order valence-electron chi connectivity index (χ2n) is 25.7. The van der Waals surface area contributed by atoms with Crippen LogP contribution in [0, 0.1) is 0 Å². The van der Waals surface area contributed by atoms with Gasteiger partial charge in [0, 0.05) is 6.42 Å². The van der Waals surface area contributed by atoms with Crippen molar-refractivity contribution in [2.45, 2.75) is 362 Å². The van der Waals surface area contributed by atoms with Crippen LogP contribution in [-0.2, 0) is 33.2 Å². The Kier molecular flexibility index (Phi) is 48.7. The van der Waals surface area contributed by atoms with E-state index in [-0.39, 0.29) is 18.9 Å². The summed E-state index contributed by atoms with van der Waals surface area (Å²) >= 11 is 0. The molecule has 0 bridgehead atoms. The van der Waals surface area contributed by atoms with Gasteiger partial charge >= 0.3 is 0 Å². The standard InChI is InChI=1S/C72H129NO18/c1-3-5-7-9-11-13-15-17-19-21-23-25-26-27-28-30-31-33-35-37-39-41-43-45-47-49-56(77)55(73-60(78)50-48-46-44-42-40-38-36-34-32-29-24-22-20-18-16-14-12-10-8-6-4-2)54-86-70-66(84)63(81)68(58(52-75)88-70)91-72-67(85)64(82)69(59(53-76)89-72)90-71-65(83)62(80)61(79)57(51-74)87-71/h6,8,12,14,18,20,24,29,47,49,55-59,61-72,74-77,79-85H,3-5,7,9-11,13,15-17,19,21-23,25-28,30-46,48,50-54H2,1-2H3,(H,73,78)/b8-6-,14-12-,20-18-,29-24-,49-47+. The number of rotatable bonds is 55. The SMILES string of the molecule is CC/C=C\C/C=C\C/C=C\C/C=C\CCCCCCCCCCC(=O)NC(COC1OC(CO)C(OC2OC(CO)C(OC3OC(CO)C(O)C(O)C3O)C(O)C2O)C(O)C1O)C(O)/C=C/CCCCCCCCCCCCCCCCCCCCCCCCC. The molecule has 3 heterocycles. The molecular weight excluding hydrogens is 1170 g/mol. The number of aliphatic hydroxyl groups is 11. The van der Waals surface area contributed by atoms with Crippen molar-refractivity contribution in [2.75, 3.05) is 26.4 Å². The molecule has 3 aliphatic rings. The lowest BCUT2D eigenvalue weighted by molar-refractivity contribution is -0.379. The molecule has 530 valence electrons. The number of carbonyl (C=O) groups is 1. The van der Waals surface area contributed by atoms with E-state index in [1.807, 2.05) is 6.08 Å². The molecule has 0 spiro atoms. The van der Waals surface area contributed by atoms with Crippen LogP contribution in [0.5, 0.6) is 0 Å². The quantitative estimate of drug-likeness (QED) is 0.0199. The Hall–Kier alpha value is -2.51. The first-order valence-corrected chi connectivity index (χ1v) is 36.0. The van der Waals surface area contributed by atoms with E-state index in [9.17, 15) is 61.0 Å². The summed E-state index contributed by atoms with van der Waals surface area (Å²) in [6.45, 7) is 1.63. The summed E-state index contributed by atoms with van der Waals surface area (Å²) in [5.41, 5.74) is 0. The van der Waals surface area contributed by atoms with Crippen molar-refractivity contribution in [3.05, 3.63) is 60.8 Å². The fourth-order valence-corrected chi connectivity index (χ4v) is 12.0. The van der Waals surface area contributed by atoms with Gasteiger partial charge in [-0.3, -0.25) is 4.79 Å². The maximum absolute atomic E-state index is 13.4. The monoisotopic (exact) mass is 1300 g/mol. The predicted octanol–water partition coefficient (Wildman–Crippen LogP) is 9.94. The Labute approximate surface area is 547 Å². The summed E-state index contributed by atoms with van der Waals surface area (Å²) in [4.78, 5) is 13.4. The predicted molar refractivity (Wildman–Crippen MR) is 355 cm³/mol. The molecule has 1 amide bonds. The molecule has 0 radical (unpaired) electrons. The van der Waals surface area contributed by atoms with Crippen LogP contribution in [0.3, 0.4) is 0 Å². The molecule has 3 aliphatic heterocycles. The van der Waals surface area contributed by atoms with Gasteiger partial charge in [0.25, 0.3) is 0 Å². The molecule has 19 nitrogen and oxygen atoms in total. The van der Waals surface area contributed by atoms with Gasteiger partial charge in [-0.05, 0) is 57.8 Å². The van der Waals surface area contributed by atoms with Gasteiger partial charge in [-0.1, -0.05) is 254 Å². The summed E-state index contributed by atoms with van der Waals surface area (Å²) in [6.07, 6.45) is 39.0. The Balaban J connectivity index is 1.43. The Morgan fingerprint density at radius 1 is 0.407 bits per heavy atom. The van der Waals surface area contributed by atoms with Crippen LogP contribution in [-0.4, -0.2) is 193 Å². The Bertz CT molecular complexity index is 1890.